The summed E-state index contributed by atoms with van der Waals surface area (Å²) in [5.74, 6) is 0. The summed E-state index contributed by atoms with van der Waals surface area (Å²) in [6, 6.07) is 2.49. The SMILES string of the molecule is Cc1cc(N2CCCC(N)C2)sn1. The van der Waals surface area contributed by atoms with Gasteiger partial charge in [-0.05, 0) is 37.4 Å². The molecule has 1 unspecified atom stereocenters. The van der Waals surface area contributed by atoms with Crippen molar-refractivity contribution in [3.05, 3.63) is 11.8 Å². The first kappa shape index (κ1) is 8.97. The summed E-state index contributed by atoms with van der Waals surface area (Å²) in [5, 5.41) is 1.27. The minimum absolute atomic E-state index is 0.344. The van der Waals surface area contributed by atoms with Gasteiger partial charge in [0.25, 0.3) is 0 Å². The van der Waals surface area contributed by atoms with Crippen molar-refractivity contribution in [3.63, 3.8) is 0 Å². The lowest BCUT2D eigenvalue weighted by Gasteiger charge is -2.30. The molecule has 13 heavy (non-hydrogen) atoms. The topological polar surface area (TPSA) is 42.1 Å². The molecule has 4 heteroatoms. The van der Waals surface area contributed by atoms with Crippen molar-refractivity contribution in [3.8, 4) is 0 Å². The largest absolute Gasteiger partial charge is 0.361 e. The molecule has 0 bridgehead atoms. The monoisotopic (exact) mass is 197 g/mol. The first-order valence-electron chi connectivity index (χ1n) is 4.69. The molecule has 0 saturated carbocycles. The maximum Gasteiger partial charge on any atom is 0.112 e. The highest BCUT2D eigenvalue weighted by atomic mass is 32.1. The molecule has 1 aliphatic heterocycles. The quantitative estimate of drug-likeness (QED) is 0.739. The Morgan fingerprint density at radius 1 is 1.69 bits per heavy atom. The fourth-order valence-electron chi connectivity index (χ4n) is 1.71. The average molecular weight is 197 g/mol. The van der Waals surface area contributed by atoms with Crippen LogP contribution in [0, 0.1) is 6.92 Å². The zero-order valence-electron chi connectivity index (χ0n) is 7.86. The van der Waals surface area contributed by atoms with Gasteiger partial charge in [-0.25, -0.2) is 0 Å². The number of aryl methyl sites for hydroxylation is 1. The number of anilines is 1. The van der Waals surface area contributed by atoms with E-state index in [-0.39, 0.29) is 0 Å². The van der Waals surface area contributed by atoms with Crippen LogP contribution in [0.4, 0.5) is 5.00 Å². The van der Waals surface area contributed by atoms with Crippen molar-refractivity contribution in [2.45, 2.75) is 25.8 Å². The van der Waals surface area contributed by atoms with Gasteiger partial charge in [-0.15, -0.1) is 0 Å². The Labute approximate surface area is 82.7 Å². The van der Waals surface area contributed by atoms with E-state index in [0.29, 0.717) is 6.04 Å². The summed E-state index contributed by atoms with van der Waals surface area (Å²) in [6.45, 7) is 4.15. The molecule has 0 amide bonds. The number of nitrogens with two attached hydrogens (primary N) is 1. The third-order valence-corrected chi connectivity index (χ3v) is 3.33. The molecule has 2 N–H and O–H groups in total. The first-order chi connectivity index (χ1) is 6.25. The highest BCUT2D eigenvalue weighted by molar-refractivity contribution is 7.10. The van der Waals surface area contributed by atoms with E-state index in [1.54, 1.807) is 11.5 Å². The van der Waals surface area contributed by atoms with Gasteiger partial charge in [0.2, 0.25) is 0 Å². The second-order valence-corrected chi connectivity index (χ2v) is 4.44. The molecule has 1 atom stereocenters. The van der Waals surface area contributed by atoms with Crippen LogP contribution in [0.25, 0.3) is 0 Å². The smallest absolute Gasteiger partial charge is 0.112 e. The summed E-state index contributed by atoms with van der Waals surface area (Å²) >= 11 is 1.58. The van der Waals surface area contributed by atoms with E-state index < -0.39 is 0 Å². The Kier molecular flexibility index (Phi) is 2.51. The fourth-order valence-corrected chi connectivity index (χ4v) is 2.50. The number of aromatic nitrogens is 1. The van der Waals surface area contributed by atoms with Crippen LogP contribution in [0.1, 0.15) is 18.5 Å². The van der Waals surface area contributed by atoms with E-state index >= 15 is 0 Å². The zero-order chi connectivity index (χ0) is 9.26. The van der Waals surface area contributed by atoms with Crippen LogP contribution in [0.2, 0.25) is 0 Å². The van der Waals surface area contributed by atoms with Crippen molar-refractivity contribution in [2.75, 3.05) is 18.0 Å². The molecule has 1 aromatic heterocycles. The number of hydrogen-bond acceptors (Lipinski definition) is 4. The minimum Gasteiger partial charge on any atom is -0.361 e. The van der Waals surface area contributed by atoms with E-state index in [9.17, 15) is 0 Å². The lowest BCUT2D eigenvalue weighted by molar-refractivity contribution is 0.508. The van der Waals surface area contributed by atoms with Crippen LogP contribution < -0.4 is 10.6 Å². The van der Waals surface area contributed by atoms with Gasteiger partial charge in [-0.1, -0.05) is 0 Å². The summed E-state index contributed by atoms with van der Waals surface area (Å²) in [4.78, 5) is 2.35. The molecule has 3 nitrogen and oxygen atoms in total. The zero-order valence-corrected chi connectivity index (χ0v) is 8.68. The van der Waals surface area contributed by atoms with Crippen LogP contribution >= 0.6 is 11.5 Å². The molecule has 1 saturated heterocycles. The van der Waals surface area contributed by atoms with E-state index in [1.807, 2.05) is 6.92 Å². The third kappa shape index (κ3) is 2.00. The fraction of sp³-hybridized carbons (Fsp3) is 0.667. The van der Waals surface area contributed by atoms with Gasteiger partial charge < -0.3 is 10.6 Å². The molecule has 1 fully saturated rings. The van der Waals surface area contributed by atoms with Gasteiger partial charge in [-0.3, -0.25) is 0 Å². The maximum absolute atomic E-state index is 5.91. The third-order valence-electron chi connectivity index (χ3n) is 2.39. The maximum atomic E-state index is 5.91. The van der Waals surface area contributed by atoms with Crippen LogP contribution in [-0.4, -0.2) is 23.5 Å². The summed E-state index contributed by atoms with van der Waals surface area (Å²) < 4.78 is 4.28. The molecular weight excluding hydrogens is 182 g/mol. The van der Waals surface area contributed by atoms with Crippen molar-refractivity contribution in [1.82, 2.24) is 4.37 Å². The van der Waals surface area contributed by atoms with Gasteiger partial charge in [0.1, 0.15) is 5.00 Å². The van der Waals surface area contributed by atoms with Gasteiger partial charge in [0, 0.05) is 19.1 Å². The minimum atomic E-state index is 0.344. The predicted molar refractivity (Wildman–Crippen MR) is 56.3 cm³/mol. The number of nitrogens with zero attached hydrogens (tertiary/aromatic N) is 2. The van der Waals surface area contributed by atoms with Crippen LogP contribution in [0.15, 0.2) is 6.07 Å². The average Bonchev–Trinajstić information content (AvgIpc) is 2.52. The highest BCUT2D eigenvalue weighted by Crippen LogP contribution is 2.24. The molecule has 72 valence electrons. The molecule has 0 spiro atoms. The van der Waals surface area contributed by atoms with Crippen LogP contribution in [0.3, 0.4) is 0 Å². The summed E-state index contributed by atoms with van der Waals surface area (Å²) in [5.41, 5.74) is 7.02. The molecular formula is C9H15N3S. The lowest BCUT2D eigenvalue weighted by Crippen LogP contribution is -2.42. The highest BCUT2D eigenvalue weighted by Gasteiger charge is 2.18. The van der Waals surface area contributed by atoms with E-state index in [0.717, 1.165) is 25.2 Å². The Bertz CT molecular complexity index is 284. The molecule has 1 aromatic rings. The van der Waals surface area contributed by atoms with Gasteiger partial charge in [0.15, 0.2) is 0 Å². The Balaban J connectivity index is 2.08. The number of rotatable bonds is 1. The molecule has 0 aliphatic carbocycles. The van der Waals surface area contributed by atoms with Gasteiger partial charge in [-0.2, -0.15) is 4.37 Å². The lowest BCUT2D eigenvalue weighted by atomic mass is 10.1. The standard InChI is InChI=1S/C9H15N3S/c1-7-5-9(13-11-7)12-4-2-3-8(10)6-12/h5,8H,2-4,6,10H2,1H3. The van der Waals surface area contributed by atoms with E-state index in [1.165, 1.54) is 11.4 Å². The molecule has 1 aliphatic rings. The van der Waals surface area contributed by atoms with Crippen molar-refractivity contribution < 1.29 is 0 Å². The normalized spacial score (nSPS) is 23.5. The Morgan fingerprint density at radius 2 is 2.54 bits per heavy atom. The Hall–Kier alpha value is -0.610. The number of hydrogen-bond donors (Lipinski definition) is 1. The second kappa shape index (κ2) is 3.64. The Morgan fingerprint density at radius 3 is 3.15 bits per heavy atom. The van der Waals surface area contributed by atoms with Crippen LogP contribution in [-0.2, 0) is 0 Å². The van der Waals surface area contributed by atoms with E-state index in [2.05, 4.69) is 15.3 Å². The summed E-state index contributed by atoms with van der Waals surface area (Å²) in [6.07, 6.45) is 2.37. The first-order valence-corrected chi connectivity index (χ1v) is 5.47. The summed E-state index contributed by atoms with van der Waals surface area (Å²) in [7, 11) is 0. The van der Waals surface area contributed by atoms with E-state index in [4.69, 9.17) is 5.73 Å². The van der Waals surface area contributed by atoms with Crippen molar-refractivity contribution in [2.24, 2.45) is 5.73 Å². The van der Waals surface area contributed by atoms with Crippen molar-refractivity contribution in [1.29, 1.82) is 0 Å². The molecule has 0 radical (unpaired) electrons. The molecule has 2 heterocycles. The predicted octanol–water partition coefficient (Wildman–Crippen LogP) is 1.38. The van der Waals surface area contributed by atoms with Gasteiger partial charge >= 0.3 is 0 Å². The number of piperidine rings is 1. The van der Waals surface area contributed by atoms with Crippen molar-refractivity contribution >= 4 is 16.5 Å². The van der Waals surface area contributed by atoms with Gasteiger partial charge in [0.05, 0.1) is 5.69 Å². The molecule has 2 rings (SSSR count). The second-order valence-electron chi connectivity index (χ2n) is 3.65. The van der Waals surface area contributed by atoms with Crippen LogP contribution in [0.5, 0.6) is 0 Å². The molecule has 0 aromatic carbocycles.